The molecule has 0 saturated heterocycles. The van der Waals surface area contributed by atoms with Crippen LogP contribution in [0.15, 0.2) is 18.2 Å². The summed E-state index contributed by atoms with van der Waals surface area (Å²) in [5.74, 6) is 0.407. The fraction of sp³-hybridized carbons (Fsp3) is 0.400. The minimum atomic E-state index is -0.524. The lowest BCUT2D eigenvalue weighted by Gasteiger charge is -2.15. The van der Waals surface area contributed by atoms with Crippen LogP contribution in [0.4, 0.5) is 0 Å². The third kappa shape index (κ3) is 2.16. The standard InChI is InChI=1S/C10H15NO3/c1-2-14-10-7(8(11)6-12)4-3-5-9(10)13/h3-5,8,12-13H,2,6,11H2,1H3/t8-/m1/s1. The van der Waals surface area contributed by atoms with E-state index < -0.39 is 6.04 Å². The van der Waals surface area contributed by atoms with Crippen molar-refractivity contribution in [3.8, 4) is 11.5 Å². The van der Waals surface area contributed by atoms with Crippen molar-refractivity contribution < 1.29 is 14.9 Å². The number of nitrogens with two attached hydrogens (primary N) is 1. The first-order chi connectivity index (χ1) is 6.70. The third-order valence-corrected chi connectivity index (χ3v) is 1.91. The maximum atomic E-state index is 9.50. The molecule has 78 valence electrons. The second-order valence-corrected chi connectivity index (χ2v) is 2.92. The van der Waals surface area contributed by atoms with Gasteiger partial charge in [0, 0.05) is 5.56 Å². The van der Waals surface area contributed by atoms with E-state index in [1.807, 2.05) is 6.92 Å². The van der Waals surface area contributed by atoms with Crippen molar-refractivity contribution in [1.82, 2.24) is 0 Å². The molecule has 0 aliphatic rings. The maximum absolute atomic E-state index is 9.50. The predicted octanol–water partition coefficient (Wildman–Crippen LogP) is 0.783. The second kappa shape index (κ2) is 4.83. The zero-order valence-electron chi connectivity index (χ0n) is 8.10. The summed E-state index contributed by atoms with van der Waals surface area (Å²) in [6.45, 7) is 2.09. The summed E-state index contributed by atoms with van der Waals surface area (Å²) in [6.07, 6.45) is 0. The van der Waals surface area contributed by atoms with E-state index in [1.165, 1.54) is 6.07 Å². The molecule has 0 radical (unpaired) electrons. The van der Waals surface area contributed by atoms with Crippen LogP contribution < -0.4 is 10.5 Å². The molecule has 1 rings (SSSR count). The van der Waals surface area contributed by atoms with Gasteiger partial charge in [-0.1, -0.05) is 12.1 Å². The summed E-state index contributed by atoms with van der Waals surface area (Å²) < 4.78 is 5.25. The molecule has 1 aromatic rings. The molecule has 0 spiro atoms. The van der Waals surface area contributed by atoms with Gasteiger partial charge in [0.05, 0.1) is 19.3 Å². The molecular formula is C10H15NO3. The van der Waals surface area contributed by atoms with E-state index in [1.54, 1.807) is 12.1 Å². The number of hydrogen-bond acceptors (Lipinski definition) is 4. The van der Waals surface area contributed by atoms with E-state index in [0.29, 0.717) is 17.9 Å². The highest BCUT2D eigenvalue weighted by Gasteiger charge is 2.14. The highest BCUT2D eigenvalue weighted by molar-refractivity contribution is 5.47. The summed E-state index contributed by atoms with van der Waals surface area (Å²) in [4.78, 5) is 0. The first-order valence-electron chi connectivity index (χ1n) is 4.51. The lowest BCUT2D eigenvalue weighted by atomic mass is 10.1. The van der Waals surface area contributed by atoms with Gasteiger partial charge in [0.1, 0.15) is 0 Å². The van der Waals surface area contributed by atoms with Crippen LogP contribution in [0.2, 0.25) is 0 Å². The van der Waals surface area contributed by atoms with Crippen LogP contribution in [0.3, 0.4) is 0 Å². The molecule has 4 nitrogen and oxygen atoms in total. The lowest BCUT2D eigenvalue weighted by Crippen LogP contribution is -2.15. The van der Waals surface area contributed by atoms with E-state index in [4.69, 9.17) is 15.6 Å². The first kappa shape index (κ1) is 10.8. The van der Waals surface area contributed by atoms with E-state index in [2.05, 4.69) is 0 Å². The van der Waals surface area contributed by atoms with Crippen molar-refractivity contribution in [3.05, 3.63) is 23.8 Å². The number of phenols is 1. The lowest BCUT2D eigenvalue weighted by molar-refractivity contribution is 0.259. The Balaban J connectivity index is 3.07. The van der Waals surface area contributed by atoms with E-state index in [9.17, 15) is 5.11 Å². The Kier molecular flexibility index (Phi) is 3.73. The molecule has 0 aliphatic heterocycles. The minimum absolute atomic E-state index is 0.0493. The Morgan fingerprint density at radius 3 is 2.79 bits per heavy atom. The van der Waals surface area contributed by atoms with Crippen LogP contribution in [0, 0.1) is 0 Å². The summed E-state index contributed by atoms with van der Waals surface area (Å²) in [5, 5.41) is 18.4. The summed E-state index contributed by atoms with van der Waals surface area (Å²) in [7, 11) is 0. The molecule has 4 N–H and O–H groups in total. The van der Waals surface area contributed by atoms with Crippen molar-refractivity contribution in [2.75, 3.05) is 13.2 Å². The molecular weight excluding hydrogens is 182 g/mol. The summed E-state index contributed by atoms with van der Waals surface area (Å²) in [5.41, 5.74) is 6.27. The molecule has 14 heavy (non-hydrogen) atoms. The number of aromatic hydroxyl groups is 1. The number of benzene rings is 1. The Hall–Kier alpha value is -1.26. The van der Waals surface area contributed by atoms with Crippen molar-refractivity contribution in [2.45, 2.75) is 13.0 Å². The van der Waals surface area contributed by atoms with Crippen LogP contribution in [-0.2, 0) is 0 Å². The summed E-state index contributed by atoms with van der Waals surface area (Å²) in [6, 6.07) is 4.40. The van der Waals surface area contributed by atoms with E-state index in [0.717, 1.165) is 0 Å². The molecule has 0 bridgehead atoms. The van der Waals surface area contributed by atoms with Gasteiger partial charge in [-0.3, -0.25) is 0 Å². The molecule has 1 atom stereocenters. The molecule has 0 fully saturated rings. The quantitative estimate of drug-likeness (QED) is 0.666. The fourth-order valence-corrected chi connectivity index (χ4v) is 1.23. The SMILES string of the molecule is CCOc1c(O)cccc1[C@H](N)CO. The number of para-hydroxylation sites is 1. The van der Waals surface area contributed by atoms with Gasteiger partial charge in [-0.2, -0.15) is 0 Å². The Morgan fingerprint density at radius 1 is 1.50 bits per heavy atom. The number of ether oxygens (including phenoxy) is 1. The average molecular weight is 197 g/mol. The minimum Gasteiger partial charge on any atom is -0.504 e. The highest BCUT2D eigenvalue weighted by atomic mass is 16.5. The average Bonchev–Trinajstić information content (AvgIpc) is 2.20. The molecule has 1 aromatic carbocycles. The summed E-state index contributed by atoms with van der Waals surface area (Å²) >= 11 is 0. The van der Waals surface area contributed by atoms with Gasteiger partial charge in [0.2, 0.25) is 0 Å². The second-order valence-electron chi connectivity index (χ2n) is 2.92. The number of aliphatic hydroxyl groups excluding tert-OH is 1. The zero-order valence-corrected chi connectivity index (χ0v) is 8.10. The third-order valence-electron chi connectivity index (χ3n) is 1.91. The van der Waals surface area contributed by atoms with Gasteiger partial charge in [-0.25, -0.2) is 0 Å². The molecule has 0 unspecified atom stereocenters. The molecule has 0 aliphatic carbocycles. The molecule has 0 saturated carbocycles. The van der Waals surface area contributed by atoms with Crippen LogP contribution in [-0.4, -0.2) is 23.4 Å². The van der Waals surface area contributed by atoms with Gasteiger partial charge < -0.3 is 20.7 Å². The van der Waals surface area contributed by atoms with Gasteiger partial charge in [-0.15, -0.1) is 0 Å². The van der Waals surface area contributed by atoms with Gasteiger partial charge in [0.15, 0.2) is 11.5 Å². The molecule has 4 heteroatoms. The molecule has 0 aromatic heterocycles. The number of hydrogen-bond donors (Lipinski definition) is 3. The maximum Gasteiger partial charge on any atom is 0.165 e. The molecule has 0 heterocycles. The van der Waals surface area contributed by atoms with Gasteiger partial charge in [0.25, 0.3) is 0 Å². The zero-order chi connectivity index (χ0) is 10.6. The smallest absolute Gasteiger partial charge is 0.165 e. The van der Waals surface area contributed by atoms with Gasteiger partial charge >= 0.3 is 0 Å². The monoisotopic (exact) mass is 197 g/mol. The largest absolute Gasteiger partial charge is 0.504 e. The Bertz CT molecular complexity index is 301. The topological polar surface area (TPSA) is 75.7 Å². The van der Waals surface area contributed by atoms with E-state index >= 15 is 0 Å². The van der Waals surface area contributed by atoms with Crippen molar-refractivity contribution in [1.29, 1.82) is 0 Å². The normalized spacial score (nSPS) is 12.5. The van der Waals surface area contributed by atoms with E-state index in [-0.39, 0.29) is 12.4 Å². The first-order valence-corrected chi connectivity index (χ1v) is 4.51. The number of aliphatic hydroxyl groups is 1. The van der Waals surface area contributed by atoms with Crippen molar-refractivity contribution in [2.24, 2.45) is 5.73 Å². The Labute approximate surface area is 82.9 Å². The van der Waals surface area contributed by atoms with Crippen LogP contribution >= 0.6 is 0 Å². The highest BCUT2D eigenvalue weighted by Crippen LogP contribution is 2.32. The molecule has 0 amide bonds. The predicted molar refractivity (Wildman–Crippen MR) is 53.3 cm³/mol. The van der Waals surface area contributed by atoms with Crippen LogP contribution in [0.1, 0.15) is 18.5 Å². The van der Waals surface area contributed by atoms with Crippen LogP contribution in [0.5, 0.6) is 11.5 Å². The van der Waals surface area contributed by atoms with Crippen molar-refractivity contribution in [3.63, 3.8) is 0 Å². The number of phenolic OH excluding ortho intramolecular Hbond substituents is 1. The van der Waals surface area contributed by atoms with Crippen LogP contribution in [0.25, 0.3) is 0 Å². The Morgan fingerprint density at radius 2 is 2.21 bits per heavy atom. The van der Waals surface area contributed by atoms with Crippen molar-refractivity contribution >= 4 is 0 Å². The number of rotatable bonds is 4. The van der Waals surface area contributed by atoms with Gasteiger partial charge in [-0.05, 0) is 13.0 Å². The fourth-order valence-electron chi connectivity index (χ4n) is 1.23.